The number of hydrogen-bond donors (Lipinski definition) is 2. The van der Waals surface area contributed by atoms with Crippen molar-refractivity contribution in [2.45, 2.75) is 25.8 Å². The highest BCUT2D eigenvalue weighted by Gasteiger charge is 2.31. The van der Waals surface area contributed by atoms with E-state index < -0.39 is 34.9 Å². The minimum absolute atomic E-state index is 0.226. The van der Waals surface area contributed by atoms with Gasteiger partial charge >= 0.3 is 0 Å². The Morgan fingerprint density at radius 1 is 1.29 bits per heavy atom. The minimum Gasteiger partial charge on any atom is -0.501 e. The van der Waals surface area contributed by atoms with Crippen molar-refractivity contribution in [2.24, 2.45) is 7.05 Å². The summed E-state index contributed by atoms with van der Waals surface area (Å²) in [5, 5.41) is 30.5. The standard InChI is InChI=1S/C23H21N7O4/c1-13-9-25-30(11-13)19(17-7-5-4-6-15(17)8-24)14(2)21-28-18(20(31)23(33)29(21)3)22(32)27-16-10-26-34-12-16/h4-7,9-12,14,19,31H,1-3H3,(H,27,32)/t14-,19-/m0/s1. The van der Waals surface area contributed by atoms with Crippen molar-refractivity contribution in [1.82, 2.24) is 24.5 Å². The third-order valence-corrected chi connectivity index (χ3v) is 5.50. The predicted molar refractivity (Wildman–Crippen MR) is 120 cm³/mol. The van der Waals surface area contributed by atoms with Crippen LogP contribution in [0.3, 0.4) is 0 Å². The second-order valence-corrected chi connectivity index (χ2v) is 7.83. The first kappa shape index (κ1) is 22.5. The van der Waals surface area contributed by atoms with E-state index in [1.165, 1.54) is 24.1 Å². The average Bonchev–Trinajstić information content (AvgIpc) is 3.50. The predicted octanol–water partition coefficient (Wildman–Crippen LogP) is 2.50. The molecule has 172 valence electrons. The monoisotopic (exact) mass is 459 g/mol. The number of hydrogen-bond acceptors (Lipinski definition) is 8. The molecule has 3 heterocycles. The summed E-state index contributed by atoms with van der Waals surface area (Å²) in [6, 6.07) is 8.76. The van der Waals surface area contributed by atoms with E-state index in [0.29, 0.717) is 11.1 Å². The molecule has 2 atom stereocenters. The van der Waals surface area contributed by atoms with Crippen molar-refractivity contribution in [3.63, 3.8) is 0 Å². The molecule has 0 radical (unpaired) electrons. The summed E-state index contributed by atoms with van der Waals surface area (Å²) in [5.74, 6) is -1.88. The van der Waals surface area contributed by atoms with Crippen LogP contribution < -0.4 is 10.9 Å². The summed E-state index contributed by atoms with van der Waals surface area (Å²) in [6.45, 7) is 3.71. The molecule has 0 spiro atoms. The van der Waals surface area contributed by atoms with Gasteiger partial charge in [-0.15, -0.1) is 0 Å². The molecule has 0 fully saturated rings. The number of carbonyl (C=O) groups is 1. The Labute approximate surface area is 193 Å². The van der Waals surface area contributed by atoms with Crippen molar-refractivity contribution in [3.05, 3.63) is 87.7 Å². The van der Waals surface area contributed by atoms with Gasteiger partial charge in [-0.1, -0.05) is 30.3 Å². The van der Waals surface area contributed by atoms with Crippen LogP contribution in [0.5, 0.6) is 5.75 Å². The number of benzene rings is 1. The van der Waals surface area contributed by atoms with E-state index in [-0.39, 0.29) is 11.5 Å². The maximum Gasteiger partial charge on any atom is 0.296 e. The summed E-state index contributed by atoms with van der Waals surface area (Å²) in [7, 11) is 1.46. The number of amides is 1. The zero-order valence-electron chi connectivity index (χ0n) is 18.6. The van der Waals surface area contributed by atoms with E-state index in [4.69, 9.17) is 4.52 Å². The summed E-state index contributed by atoms with van der Waals surface area (Å²) in [6.07, 6.45) is 5.99. The quantitative estimate of drug-likeness (QED) is 0.446. The Bertz CT molecular complexity index is 1450. The van der Waals surface area contributed by atoms with Gasteiger partial charge in [-0.2, -0.15) is 10.4 Å². The van der Waals surface area contributed by atoms with Crippen molar-refractivity contribution < 1.29 is 14.4 Å². The summed E-state index contributed by atoms with van der Waals surface area (Å²) < 4.78 is 7.58. The van der Waals surface area contributed by atoms with Gasteiger partial charge in [-0.05, 0) is 24.1 Å². The lowest BCUT2D eigenvalue weighted by atomic mass is 9.90. The normalized spacial score (nSPS) is 12.6. The molecule has 0 saturated carbocycles. The zero-order chi connectivity index (χ0) is 24.4. The number of aryl methyl sites for hydroxylation is 1. The summed E-state index contributed by atoms with van der Waals surface area (Å²) in [4.78, 5) is 30.0. The van der Waals surface area contributed by atoms with Crippen molar-refractivity contribution >= 4 is 11.6 Å². The van der Waals surface area contributed by atoms with Gasteiger partial charge in [0.15, 0.2) is 5.69 Å². The molecule has 34 heavy (non-hydrogen) atoms. The fourth-order valence-corrected chi connectivity index (χ4v) is 3.85. The number of anilines is 1. The van der Waals surface area contributed by atoms with Crippen LogP contribution in [0.2, 0.25) is 0 Å². The third-order valence-electron chi connectivity index (χ3n) is 5.50. The number of aromatic nitrogens is 5. The highest BCUT2D eigenvalue weighted by Crippen LogP contribution is 2.35. The highest BCUT2D eigenvalue weighted by atomic mass is 16.5. The van der Waals surface area contributed by atoms with Crippen molar-refractivity contribution in [1.29, 1.82) is 5.26 Å². The molecule has 11 heteroatoms. The van der Waals surface area contributed by atoms with Crippen LogP contribution in [0.15, 0.2) is 58.4 Å². The molecule has 1 aromatic carbocycles. The van der Waals surface area contributed by atoms with Crippen LogP contribution in [-0.4, -0.2) is 35.5 Å². The molecule has 0 aliphatic carbocycles. The molecule has 0 unspecified atom stereocenters. The van der Waals surface area contributed by atoms with Gasteiger partial charge in [0.1, 0.15) is 17.8 Å². The largest absolute Gasteiger partial charge is 0.501 e. The number of nitrogens with zero attached hydrogens (tertiary/aromatic N) is 6. The second kappa shape index (κ2) is 9.03. The topological polar surface area (TPSA) is 152 Å². The van der Waals surface area contributed by atoms with Gasteiger partial charge in [0.25, 0.3) is 11.5 Å². The lowest BCUT2D eigenvalue weighted by Gasteiger charge is -2.27. The summed E-state index contributed by atoms with van der Waals surface area (Å²) >= 11 is 0. The molecular weight excluding hydrogens is 438 g/mol. The van der Waals surface area contributed by atoms with Gasteiger partial charge in [-0.3, -0.25) is 18.8 Å². The first-order valence-electron chi connectivity index (χ1n) is 10.3. The zero-order valence-corrected chi connectivity index (χ0v) is 18.6. The molecular formula is C23H21N7O4. The molecule has 11 nitrogen and oxygen atoms in total. The van der Waals surface area contributed by atoms with E-state index >= 15 is 0 Å². The average molecular weight is 459 g/mol. The Balaban J connectivity index is 1.85. The number of aromatic hydroxyl groups is 1. The van der Waals surface area contributed by atoms with Crippen LogP contribution in [0, 0.1) is 18.3 Å². The number of nitrogens with one attached hydrogen (secondary N) is 1. The minimum atomic E-state index is -0.796. The van der Waals surface area contributed by atoms with Gasteiger partial charge < -0.3 is 14.9 Å². The molecule has 4 rings (SSSR count). The van der Waals surface area contributed by atoms with Gasteiger partial charge in [0, 0.05) is 19.2 Å². The number of rotatable bonds is 6. The smallest absolute Gasteiger partial charge is 0.296 e. The fourth-order valence-electron chi connectivity index (χ4n) is 3.85. The molecule has 0 saturated heterocycles. The van der Waals surface area contributed by atoms with Crippen LogP contribution in [0.4, 0.5) is 5.69 Å². The van der Waals surface area contributed by atoms with E-state index in [1.54, 1.807) is 23.0 Å². The van der Waals surface area contributed by atoms with E-state index in [2.05, 4.69) is 26.6 Å². The van der Waals surface area contributed by atoms with Gasteiger partial charge in [0.05, 0.1) is 30.1 Å². The van der Waals surface area contributed by atoms with Gasteiger partial charge in [-0.25, -0.2) is 4.98 Å². The molecule has 2 N–H and O–H groups in total. The highest BCUT2D eigenvalue weighted by molar-refractivity contribution is 6.04. The molecule has 0 bridgehead atoms. The molecule has 1 amide bonds. The first-order valence-corrected chi connectivity index (χ1v) is 10.3. The Morgan fingerprint density at radius 3 is 2.71 bits per heavy atom. The van der Waals surface area contributed by atoms with Crippen molar-refractivity contribution in [3.8, 4) is 11.8 Å². The molecule has 0 aliphatic rings. The van der Waals surface area contributed by atoms with Crippen LogP contribution in [0.25, 0.3) is 0 Å². The molecule has 4 aromatic rings. The Morgan fingerprint density at radius 2 is 2.06 bits per heavy atom. The number of carbonyl (C=O) groups excluding carboxylic acids is 1. The maximum atomic E-state index is 12.8. The van der Waals surface area contributed by atoms with E-state index in [1.807, 2.05) is 32.2 Å². The molecule has 0 aliphatic heterocycles. The lowest BCUT2D eigenvalue weighted by molar-refractivity contribution is 0.101. The first-order chi connectivity index (χ1) is 16.3. The van der Waals surface area contributed by atoms with Crippen LogP contribution in [-0.2, 0) is 7.05 Å². The fraction of sp³-hybridized carbons (Fsp3) is 0.217. The Kier molecular flexibility index (Phi) is 5.97. The summed E-state index contributed by atoms with van der Waals surface area (Å²) in [5.41, 5.74) is 1.06. The van der Waals surface area contributed by atoms with Gasteiger partial charge in [0.2, 0.25) is 5.75 Å². The van der Waals surface area contributed by atoms with E-state index in [0.717, 1.165) is 5.56 Å². The molecule has 3 aromatic heterocycles. The van der Waals surface area contributed by atoms with Crippen molar-refractivity contribution in [2.75, 3.05) is 5.32 Å². The Hall–Kier alpha value is -4.72. The number of nitriles is 1. The lowest BCUT2D eigenvalue weighted by Crippen LogP contribution is -2.31. The van der Waals surface area contributed by atoms with Crippen LogP contribution >= 0.6 is 0 Å². The van der Waals surface area contributed by atoms with Crippen LogP contribution in [0.1, 0.15) is 51.9 Å². The third kappa shape index (κ3) is 4.04. The SMILES string of the molecule is Cc1cnn([C@H](c2ccccc2C#N)[C@H](C)c2nc(C(=O)Nc3cnoc3)c(O)c(=O)n2C)c1. The maximum absolute atomic E-state index is 12.8. The van der Waals surface area contributed by atoms with E-state index in [9.17, 15) is 20.0 Å². The second-order valence-electron chi connectivity index (χ2n) is 7.83.